The van der Waals surface area contributed by atoms with Crippen LogP contribution < -0.4 is 5.73 Å². The summed E-state index contributed by atoms with van der Waals surface area (Å²) in [6.45, 7) is 2.90. The van der Waals surface area contributed by atoms with Gasteiger partial charge in [0.1, 0.15) is 0 Å². The lowest BCUT2D eigenvalue weighted by Gasteiger charge is -2.06. The molecule has 104 valence electrons. The number of anilines is 1. The van der Waals surface area contributed by atoms with E-state index in [9.17, 15) is 4.79 Å². The van der Waals surface area contributed by atoms with Crippen LogP contribution in [0.3, 0.4) is 0 Å². The van der Waals surface area contributed by atoms with E-state index in [4.69, 9.17) is 10.5 Å². The summed E-state index contributed by atoms with van der Waals surface area (Å²) in [4.78, 5) is 20.5. The number of rotatable bonds is 2. The third-order valence-corrected chi connectivity index (χ3v) is 3.91. The molecule has 0 bridgehead atoms. The molecule has 2 heterocycles. The normalized spacial score (nSPS) is 14.6. The van der Waals surface area contributed by atoms with Gasteiger partial charge in [-0.3, -0.25) is 9.56 Å². The molecule has 0 spiro atoms. The molecular formula is C13H14N4O2S. The number of carbonyl (C=O) groups is 1. The molecule has 0 saturated carbocycles. The minimum Gasteiger partial charge on any atom is -0.462 e. The van der Waals surface area contributed by atoms with Crippen molar-refractivity contribution in [2.75, 3.05) is 24.6 Å². The van der Waals surface area contributed by atoms with Gasteiger partial charge in [0.05, 0.1) is 29.7 Å². The van der Waals surface area contributed by atoms with Gasteiger partial charge in [-0.2, -0.15) is 0 Å². The lowest BCUT2D eigenvalue weighted by atomic mass is 10.2. The summed E-state index contributed by atoms with van der Waals surface area (Å²) in [6, 6.07) is 5.22. The van der Waals surface area contributed by atoms with E-state index >= 15 is 0 Å². The number of esters is 1. The number of ether oxygens (including phenoxy) is 1. The van der Waals surface area contributed by atoms with Crippen LogP contribution in [0.25, 0.3) is 11.0 Å². The summed E-state index contributed by atoms with van der Waals surface area (Å²) in [6.07, 6.45) is 0. The van der Waals surface area contributed by atoms with Crippen LogP contribution >= 0.6 is 11.8 Å². The fraction of sp³-hybridized carbons (Fsp3) is 0.308. The number of hydrogen-bond donors (Lipinski definition) is 1. The number of carbonyl (C=O) groups excluding carboxylic acids is 1. The topological polar surface area (TPSA) is 82.5 Å². The van der Waals surface area contributed by atoms with Crippen molar-refractivity contribution in [3.05, 3.63) is 23.8 Å². The fourth-order valence-corrected chi connectivity index (χ4v) is 2.96. The monoisotopic (exact) mass is 290 g/mol. The van der Waals surface area contributed by atoms with Crippen LogP contribution in [0.15, 0.2) is 23.2 Å². The van der Waals surface area contributed by atoms with Crippen molar-refractivity contribution in [2.24, 2.45) is 4.99 Å². The minimum absolute atomic E-state index is 0.346. The van der Waals surface area contributed by atoms with E-state index in [1.165, 1.54) is 0 Å². The molecule has 2 aromatic rings. The number of hydrogen-bond acceptors (Lipinski definition) is 6. The molecule has 1 aliphatic heterocycles. The molecule has 0 amide bonds. The number of aromatic nitrogens is 2. The highest BCUT2D eigenvalue weighted by Gasteiger charge is 2.18. The lowest BCUT2D eigenvalue weighted by molar-refractivity contribution is 0.0526. The summed E-state index contributed by atoms with van der Waals surface area (Å²) in [5.41, 5.74) is 7.97. The van der Waals surface area contributed by atoms with Gasteiger partial charge >= 0.3 is 5.97 Å². The van der Waals surface area contributed by atoms with E-state index in [1.54, 1.807) is 41.5 Å². The van der Waals surface area contributed by atoms with Crippen LogP contribution in [-0.4, -0.2) is 39.6 Å². The molecule has 2 N–H and O–H groups in total. The van der Waals surface area contributed by atoms with Crippen LogP contribution in [0, 0.1) is 0 Å². The van der Waals surface area contributed by atoms with Gasteiger partial charge in [0, 0.05) is 5.75 Å². The highest BCUT2D eigenvalue weighted by Crippen LogP contribution is 2.24. The molecule has 1 aromatic heterocycles. The molecule has 0 fully saturated rings. The van der Waals surface area contributed by atoms with Crippen molar-refractivity contribution in [1.82, 2.24) is 9.55 Å². The van der Waals surface area contributed by atoms with Gasteiger partial charge in [-0.15, -0.1) is 0 Å². The first kappa shape index (κ1) is 13.0. The summed E-state index contributed by atoms with van der Waals surface area (Å²) >= 11 is 1.63. The average Bonchev–Trinajstić information content (AvgIpc) is 3.04. The second-order valence-electron chi connectivity index (χ2n) is 4.24. The maximum atomic E-state index is 11.8. The van der Waals surface area contributed by atoms with Gasteiger partial charge in [-0.1, -0.05) is 11.8 Å². The van der Waals surface area contributed by atoms with E-state index < -0.39 is 0 Å². The number of fused-ring (bicyclic) bond motifs is 1. The number of aliphatic imine (C=N–C) groups is 1. The van der Waals surface area contributed by atoms with Crippen LogP contribution in [0.2, 0.25) is 0 Å². The number of nitrogens with zero attached hydrogens (tertiary/aromatic N) is 3. The molecular weight excluding hydrogens is 276 g/mol. The van der Waals surface area contributed by atoms with E-state index in [1.807, 2.05) is 0 Å². The van der Waals surface area contributed by atoms with E-state index in [2.05, 4.69) is 9.98 Å². The van der Waals surface area contributed by atoms with E-state index in [-0.39, 0.29) is 5.97 Å². The highest BCUT2D eigenvalue weighted by atomic mass is 32.2. The summed E-state index contributed by atoms with van der Waals surface area (Å²) in [7, 11) is 0. The predicted octanol–water partition coefficient (Wildman–Crippen LogP) is 1.75. The predicted molar refractivity (Wildman–Crippen MR) is 80.3 cm³/mol. The molecule has 1 aromatic carbocycles. The van der Waals surface area contributed by atoms with Crippen LogP contribution in [0.1, 0.15) is 17.3 Å². The highest BCUT2D eigenvalue weighted by molar-refractivity contribution is 8.14. The molecule has 20 heavy (non-hydrogen) atoms. The van der Waals surface area contributed by atoms with Crippen molar-refractivity contribution in [2.45, 2.75) is 6.92 Å². The van der Waals surface area contributed by atoms with E-state index in [0.29, 0.717) is 18.1 Å². The SMILES string of the molecule is CCOC(=O)c1ccc2nc(N)n(C3=NCCS3)c2c1. The number of imidazole rings is 1. The van der Waals surface area contributed by atoms with Crippen molar-refractivity contribution in [3.63, 3.8) is 0 Å². The Balaban J connectivity index is 2.12. The molecule has 0 unspecified atom stereocenters. The molecule has 3 rings (SSSR count). The Morgan fingerprint density at radius 2 is 2.40 bits per heavy atom. The number of nitrogens with two attached hydrogens (primary N) is 1. The number of thioether (sulfide) groups is 1. The Labute approximate surface area is 120 Å². The second-order valence-corrected chi connectivity index (χ2v) is 5.30. The third-order valence-electron chi connectivity index (χ3n) is 2.95. The molecule has 1 aliphatic rings. The Morgan fingerprint density at radius 1 is 1.55 bits per heavy atom. The van der Waals surface area contributed by atoms with Gasteiger partial charge in [0.2, 0.25) is 5.95 Å². The average molecular weight is 290 g/mol. The van der Waals surface area contributed by atoms with Crippen LogP contribution in [0.5, 0.6) is 0 Å². The van der Waals surface area contributed by atoms with Gasteiger partial charge in [-0.05, 0) is 25.1 Å². The fourth-order valence-electron chi connectivity index (χ4n) is 2.10. The standard InChI is InChI=1S/C13H14N4O2S/c1-2-19-11(18)8-3-4-9-10(7-8)17(12(14)16-9)13-15-5-6-20-13/h3-4,7H,2,5-6H2,1H3,(H2,14,16). The zero-order valence-electron chi connectivity index (χ0n) is 11.0. The molecule has 0 aliphatic carbocycles. The molecule has 0 saturated heterocycles. The van der Waals surface area contributed by atoms with Gasteiger partial charge in [0.25, 0.3) is 0 Å². The largest absolute Gasteiger partial charge is 0.462 e. The van der Waals surface area contributed by atoms with Gasteiger partial charge < -0.3 is 10.5 Å². The van der Waals surface area contributed by atoms with Gasteiger partial charge in [-0.25, -0.2) is 9.78 Å². The zero-order chi connectivity index (χ0) is 14.1. The van der Waals surface area contributed by atoms with E-state index in [0.717, 1.165) is 28.5 Å². The second kappa shape index (κ2) is 5.16. The first-order valence-corrected chi connectivity index (χ1v) is 7.32. The molecule has 6 nitrogen and oxygen atoms in total. The zero-order valence-corrected chi connectivity index (χ0v) is 11.8. The van der Waals surface area contributed by atoms with Gasteiger partial charge in [0.15, 0.2) is 5.17 Å². The van der Waals surface area contributed by atoms with Crippen molar-refractivity contribution in [3.8, 4) is 0 Å². The molecule has 0 radical (unpaired) electrons. The quantitative estimate of drug-likeness (QED) is 0.852. The summed E-state index contributed by atoms with van der Waals surface area (Å²) < 4.78 is 6.80. The summed E-state index contributed by atoms with van der Waals surface area (Å²) in [5.74, 6) is 0.974. The molecule has 0 atom stereocenters. The smallest absolute Gasteiger partial charge is 0.338 e. The Morgan fingerprint density at radius 3 is 3.10 bits per heavy atom. The van der Waals surface area contributed by atoms with Crippen molar-refractivity contribution >= 4 is 39.9 Å². The van der Waals surface area contributed by atoms with Crippen LogP contribution in [0.4, 0.5) is 5.95 Å². The lowest BCUT2D eigenvalue weighted by Crippen LogP contribution is -2.10. The Bertz CT molecular complexity index is 708. The molecule has 7 heteroatoms. The first-order valence-electron chi connectivity index (χ1n) is 6.33. The minimum atomic E-state index is -0.346. The van der Waals surface area contributed by atoms with Crippen molar-refractivity contribution in [1.29, 1.82) is 0 Å². The van der Waals surface area contributed by atoms with Crippen LogP contribution in [-0.2, 0) is 4.74 Å². The Hall–Kier alpha value is -2.02. The first-order chi connectivity index (χ1) is 9.70. The summed E-state index contributed by atoms with van der Waals surface area (Å²) in [5, 5.41) is 0.825. The maximum Gasteiger partial charge on any atom is 0.338 e. The number of nitrogen functional groups attached to an aromatic ring is 1. The van der Waals surface area contributed by atoms with Crippen molar-refractivity contribution < 1.29 is 9.53 Å². The maximum absolute atomic E-state index is 11.8. The number of benzene rings is 1. The third kappa shape index (κ3) is 2.14. The Kier molecular flexibility index (Phi) is 3.35.